The maximum Gasteiger partial charge on any atom is 0.408 e. The molecule has 0 unspecified atom stereocenters. The van der Waals surface area contributed by atoms with Gasteiger partial charge in [-0.1, -0.05) is 5.16 Å². The number of nitrogens with one attached hydrogen (secondary N) is 1. The summed E-state index contributed by atoms with van der Waals surface area (Å²) in [6, 6.07) is -1.11. The Balaban J connectivity index is 2.23. The zero-order valence-corrected chi connectivity index (χ0v) is 12.1. The SMILES string of the molecule is CC(=O)N[C@@H]1CC[C@@H](C(F)(F)F)N(C(=O)c2cc(C)no2)C1. The summed E-state index contributed by atoms with van der Waals surface area (Å²) in [7, 11) is 0. The number of hydrogen-bond acceptors (Lipinski definition) is 4. The Hall–Kier alpha value is -2.06. The fourth-order valence-corrected chi connectivity index (χ4v) is 2.55. The third kappa shape index (κ3) is 3.58. The number of halogens is 3. The van der Waals surface area contributed by atoms with Gasteiger partial charge >= 0.3 is 6.18 Å². The maximum atomic E-state index is 13.1. The Labute approximate surface area is 124 Å². The first-order valence-corrected chi connectivity index (χ1v) is 6.76. The van der Waals surface area contributed by atoms with Crippen LogP contribution >= 0.6 is 0 Å². The molecule has 2 heterocycles. The van der Waals surface area contributed by atoms with Crippen LogP contribution in [-0.4, -0.2) is 46.7 Å². The Bertz CT molecular complexity index is 570. The third-order valence-corrected chi connectivity index (χ3v) is 3.47. The molecule has 0 saturated carbocycles. The van der Waals surface area contributed by atoms with E-state index in [1.54, 1.807) is 6.92 Å². The van der Waals surface area contributed by atoms with Gasteiger partial charge in [0, 0.05) is 25.6 Å². The first kappa shape index (κ1) is 16.3. The first-order valence-electron chi connectivity index (χ1n) is 6.76. The van der Waals surface area contributed by atoms with Crippen LogP contribution < -0.4 is 5.32 Å². The van der Waals surface area contributed by atoms with Crippen LogP contribution in [0, 0.1) is 6.92 Å². The molecule has 1 saturated heterocycles. The second-order valence-corrected chi connectivity index (χ2v) is 5.32. The van der Waals surface area contributed by atoms with E-state index in [2.05, 4.69) is 10.5 Å². The molecule has 22 heavy (non-hydrogen) atoms. The molecular weight excluding hydrogens is 303 g/mol. The van der Waals surface area contributed by atoms with Crippen molar-refractivity contribution < 1.29 is 27.3 Å². The van der Waals surface area contributed by atoms with Gasteiger partial charge in [0.2, 0.25) is 11.7 Å². The van der Waals surface area contributed by atoms with Crippen LogP contribution in [0.2, 0.25) is 0 Å². The topological polar surface area (TPSA) is 75.4 Å². The van der Waals surface area contributed by atoms with E-state index in [0.717, 1.165) is 0 Å². The number of aromatic nitrogens is 1. The number of likely N-dealkylation sites (tertiary alicyclic amines) is 1. The van der Waals surface area contributed by atoms with Gasteiger partial charge in [-0.3, -0.25) is 9.59 Å². The number of rotatable bonds is 2. The van der Waals surface area contributed by atoms with Gasteiger partial charge in [0.1, 0.15) is 6.04 Å². The van der Waals surface area contributed by atoms with Crippen molar-refractivity contribution in [3.63, 3.8) is 0 Å². The predicted octanol–water partition coefficient (Wildman–Crippen LogP) is 1.65. The van der Waals surface area contributed by atoms with Gasteiger partial charge in [0.15, 0.2) is 0 Å². The molecule has 0 aromatic carbocycles. The van der Waals surface area contributed by atoms with Crippen molar-refractivity contribution in [1.82, 2.24) is 15.4 Å². The van der Waals surface area contributed by atoms with Gasteiger partial charge in [0.05, 0.1) is 5.69 Å². The van der Waals surface area contributed by atoms with Crippen molar-refractivity contribution in [3.8, 4) is 0 Å². The van der Waals surface area contributed by atoms with Crippen molar-refractivity contribution in [1.29, 1.82) is 0 Å². The fraction of sp³-hybridized carbons (Fsp3) is 0.615. The molecule has 9 heteroatoms. The lowest BCUT2D eigenvalue weighted by atomic mass is 9.97. The van der Waals surface area contributed by atoms with Crippen molar-refractivity contribution in [3.05, 3.63) is 17.5 Å². The Morgan fingerprint density at radius 1 is 1.41 bits per heavy atom. The second kappa shape index (κ2) is 5.98. The summed E-state index contributed by atoms with van der Waals surface area (Å²) >= 11 is 0. The molecule has 0 aliphatic carbocycles. The van der Waals surface area contributed by atoms with E-state index in [0.29, 0.717) is 10.6 Å². The highest BCUT2D eigenvalue weighted by Gasteiger charge is 2.48. The molecule has 1 aromatic rings. The normalized spacial score (nSPS) is 22.5. The van der Waals surface area contributed by atoms with Crippen molar-refractivity contribution in [2.45, 2.75) is 44.9 Å². The van der Waals surface area contributed by atoms with Crippen LogP contribution in [0.1, 0.15) is 36.0 Å². The molecule has 1 aromatic heterocycles. The summed E-state index contributed by atoms with van der Waals surface area (Å²) in [5.41, 5.74) is 0.405. The van der Waals surface area contributed by atoms with Gasteiger partial charge < -0.3 is 14.7 Å². The summed E-state index contributed by atoms with van der Waals surface area (Å²) in [5.74, 6) is -1.47. The number of carbonyl (C=O) groups is 2. The number of carbonyl (C=O) groups excluding carboxylic acids is 2. The molecule has 1 N–H and O–H groups in total. The number of amides is 2. The number of nitrogens with zero attached hydrogens (tertiary/aromatic N) is 2. The Morgan fingerprint density at radius 3 is 2.59 bits per heavy atom. The fourth-order valence-electron chi connectivity index (χ4n) is 2.55. The zero-order valence-electron chi connectivity index (χ0n) is 12.1. The lowest BCUT2D eigenvalue weighted by Crippen LogP contribution is -2.58. The Kier molecular flexibility index (Phi) is 4.43. The number of aryl methyl sites for hydroxylation is 1. The molecule has 0 bridgehead atoms. The van der Waals surface area contributed by atoms with Crippen LogP contribution in [0.15, 0.2) is 10.6 Å². The van der Waals surface area contributed by atoms with Crippen LogP contribution in [-0.2, 0) is 4.79 Å². The Morgan fingerprint density at radius 2 is 2.09 bits per heavy atom. The van der Waals surface area contributed by atoms with Gasteiger partial charge in [-0.15, -0.1) is 0 Å². The second-order valence-electron chi connectivity index (χ2n) is 5.32. The van der Waals surface area contributed by atoms with E-state index in [1.165, 1.54) is 13.0 Å². The highest BCUT2D eigenvalue weighted by Crippen LogP contribution is 2.33. The van der Waals surface area contributed by atoms with E-state index >= 15 is 0 Å². The van der Waals surface area contributed by atoms with Crippen LogP contribution in [0.3, 0.4) is 0 Å². The number of piperidine rings is 1. The molecule has 1 fully saturated rings. The minimum Gasteiger partial charge on any atom is -0.352 e. The molecule has 122 valence electrons. The van der Waals surface area contributed by atoms with E-state index < -0.39 is 24.2 Å². The smallest absolute Gasteiger partial charge is 0.352 e. The summed E-state index contributed by atoms with van der Waals surface area (Å²) in [4.78, 5) is 24.1. The summed E-state index contributed by atoms with van der Waals surface area (Å²) < 4.78 is 44.2. The third-order valence-electron chi connectivity index (χ3n) is 3.47. The van der Waals surface area contributed by atoms with Crippen LogP contribution in [0.5, 0.6) is 0 Å². The number of hydrogen-bond donors (Lipinski definition) is 1. The summed E-state index contributed by atoms with van der Waals surface area (Å²) in [6.45, 7) is 2.63. The molecular formula is C13H16F3N3O3. The number of alkyl halides is 3. The highest BCUT2D eigenvalue weighted by molar-refractivity contribution is 5.92. The van der Waals surface area contributed by atoms with Gasteiger partial charge in [0.25, 0.3) is 5.91 Å². The highest BCUT2D eigenvalue weighted by atomic mass is 19.4. The largest absolute Gasteiger partial charge is 0.408 e. The van der Waals surface area contributed by atoms with E-state index in [-0.39, 0.29) is 31.1 Å². The summed E-state index contributed by atoms with van der Waals surface area (Å²) in [5, 5.41) is 6.06. The quantitative estimate of drug-likeness (QED) is 0.899. The summed E-state index contributed by atoms with van der Waals surface area (Å²) in [6.07, 6.45) is -4.65. The van der Waals surface area contributed by atoms with Gasteiger partial charge in [-0.25, -0.2) is 0 Å². The molecule has 2 amide bonds. The minimum absolute atomic E-state index is 0.156. The van der Waals surface area contributed by atoms with Crippen molar-refractivity contribution in [2.75, 3.05) is 6.54 Å². The van der Waals surface area contributed by atoms with E-state index in [9.17, 15) is 22.8 Å². The van der Waals surface area contributed by atoms with Gasteiger partial charge in [-0.2, -0.15) is 13.2 Å². The average Bonchev–Trinajstić information content (AvgIpc) is 2.82. The van der Waals surface area contributed by atoms with Crippen LogP contribution in [0.4, 0.5) is 13.2 Å². The van der Waals surface area contributed by atoms with E-state index in [1.807, 2.05) is 0 Å². The van der Waals surface area contributed by atoms with E-state index in [4.69, 9.17) is 4.52 Å². The average molecular weight is 319 g/mol. The zero-order chi connectivity index (χ0) is 16.5. The van der Waals surface area contributed by atoms with Crippen molar-refractivity contribution in [2.24, 2.45) is 0 Å². The molecule has 1 aliphatic rings. The standard InChI is InChI=1S/C13H16F3N3O3/c1-7-5-10(22-18-7)12(21)19-6-9(17-8(2)20)3-4-11(19)13(14,15)16/h5,9,11H,3-4,6H2,1-2H3,(H,17,20)/t9-,11+/m1/s1. The predicted molar refractivity (Wildman–Crippen MR) is 69.0 cm³/mol. The maximum absolute atomic E-state index is 13.1. The van der Waals surface area contributed by atoms with Crippen LogP contribution in [0.25, 0.3) is 0 Å². The monoisotopic (exact) mass is 319 g/mol. The molecule has 6 nitrogen and oxygen atoms in total. The minimum atomic E-state index is -4.54. The molecule has 0 spiro atoms. The first-order chi connectivity index (χ1) is 10.2. The van der Waals surface area contributed by atoms with Crippen molar-refractivity contribution >= 4 is 11.8 Å². The van der Waals surface area contributed by atoms with Gasteiger partial charge in [-0.05, 0) is 19.8 Å². The lowest BCUT2D eigenvalue weighted by Gasteiger charge is -2.39. The lowest BCUT2D eigenvalue weighted by molar-refractivity contribution is -0.184. The molecule has 0 radical (unpaired) electrons. The molecule has 1 aliphatic heterocycles. The molecule has 2 atom stereocenters. The molecule has 2 rings (SSSR count).